The molecule has 0 saturated heterocycles. The number of hydrogen-bond donors (Lipinski definition) is 1. The molecule has 0 unspecified atom stereocenters. The van der Waals surface area contributed by atoms with Gasteiger partial charge in [0.15, 0.2) is 0 Å². The molecule has 1 N–H and O–H groups in total. The van der Waals surface area contributed by atoms with Crippen molar-refractivity contribution >= 4 is 15.7 Å². The third-order valence-corrected chi connectivity index (χ3v) is 3.77. The Kier molecular flexibility index (Phi) is 6.39. The van der Waals surface area contributed by atoms with E-state index >= 15 is 0 Å². The van der Waals surface area contributed by atoms with Crippen molar-refractivity contribution in [1.82, 2.24) is 4.90 Å². The molecule has 112 valence electrons. The van der Waals surface area contributed by atoms with Crippen molar-refractivity contribution < 1.29 is 13.0 Å². The Hall–Kier alpha value is -1.17. The summed E-state index contributed by atoms with van der Waals surface area (Å²) in [5.41, 5.74) is 3.22. The fourth-order valence-electron chi connectivity index (χ4n) is 2.15. The molecule has 0 spiro atoms. The van der Waals surface area contributed by atoms with Gasteiger partial charge < -0.3 is 0 Å². The summed E-state index contributed by atoms with van der Waals surface area (Å²) in [6.45, 7) is 9.76. The Morgan fingerprint density at radius 2 is 1.95 bits per heavy atom. The van der Waals surface area contributed by atoms with Crippen LogP contribution in [0.2, 0.25) is 0 Å². The molecule has 0 aliphatic carbocycles. The van der Waals surface area contributed by atoms with E-state index in [-0.39, 0.29) is 5.75 Å². The number of benzene rings is 1. The van der Waals surface area contributed by atoms with Gasteiger partial charge in [-0.1, -0.05) is 43.3 Å². The maximum atomic E-state index is 10.9. The van der Waals surface area contributed by atoms with E-state index < -0.39 is 10.1 Å². The summed E-state index contributed by atoms with van der Waals surface area (Å²) in [6, 6.07) is 7.98. The second-order valence-electron chi connectivity index (χ2n) is 5.00. The van der Waals surface area contributed by atoms with Gasteiger partial charge in [0.1, 0.15) is 0 Å². The van der Waals surface area contributed by atoms with Crippen LogP contribution in [0.15, 0.2) is 30.8 Å². The fourth-order valence-corrected chi connectivity index (χ4v) is 2.63. The van der Waals surface area contributed by atoms with Gasteiger partial charge in [0.2, 0.25) is 0 Å². The Morgan fingerprint density at radius 3 is 2.50 bits per heavy atom. The zero-order chi connectivity index (χ0) is 15.2. The molecular formula is C15H23NO3S. The van der Waals surface area contributed by atoms with E-state index in [1.54, 1.807) is 0 Å². The summed E-state index contributed by atoms with van der Waals surface area (Å²) < 4.78 is 30.6. The molecule has 5 heteroatoms. The summed E-state index contributed by atoms with van der Waals surface area (Å²) >= 11 is 0. The lowest BCUT2D eigenvalue weighted by molar-refractivity contribution is 0.279. The average Bonchev–Trinajstić information content (AvgIpc) is 2.35. The van der Waals surface area contributed by atoms with Gasteiger partial charge in [-0.25, -0.2) is 0 Å². The van der Waals surface area contributed by atoms with Crippen LogP contribution >= 0.6 is 0 Å². The molecule has 0 heterocycles. The number of rotatable bonds is 8. The summed E-state index contributed by atoms with van der Waals surface area (Å²) in [5, 5.41) is 0. The molecule has 0 bridgehead atoms. The molecule has 0 aliphatic heterocycles. The van der Waals surface area contributed by atoms with E-state index in [1.165, 1.54) is 0 Å². The standard InChI is InChI=1S/C15H23NO3S/c1-4-9-16(10-11-20(17,18)19)12-14-7-5-6-8-15(14)13(2)3/h5-8H,2,4,9-12H2,1,3H3,(H,17,18,19). The molecule has 1 rings (SSSR count). The SMILES string of the molecule is C=C(C)c1ccccc1CN(CCC)CCS(=O)(=O)O. The van der Waals surface area contributed by atoms with Crippen molar-refractivity contribution in [2.75, 3.05) is 18.8 Å². The van der Waals surface area contributed by atoms with Crippen LogP contribution in [-0.4, -0.2) is 36.7 Å². The van der Waals surface area contributed by atoms with Crippen molar-refractivity contribution in [2.45, 2.75) is 26.8 Å². The van der Waals surface area contributed by atoms with Gasteiger partial charge in [-0.2, -0.15) is 8.42 Å². The van der Waals surface area contributed by atoms with Crippen molar-refractivity contribution in [3.05, 3.63) is 42.0 Å². The van der Waals surface area contributed by atoms with E-state index in [0.29, 0.717) is 13.1 Å². The first-order valence-electron chi connectivity index (χ1n) is 6.74. The van der Waals surface area contributed by atoms with Crippen LogP contribution < -0.4 is 0 Å². The maximum Gasteiger partial charge on any atom is 0.266 e. The Morgan fingerprint density at radius 1 is 1.30 bits per heavy atom. The minimum absolute atomic E-state index is 0.234. The van der Waals surface area contributed by atoms with Crippen molar-refractivity contribution in [3.8, 4) is 0 Å². The molecule has 4 nitrogen and oxygen atoms in total. The lowest BCUT2D eigenvalue weighted by Gasteiger charge is -2.22. The molecule has 0 aliphatic rings. The Balaban J connectivity index is 2.82. The topological polar surface area (TPSA) is 57.6 Å². The van der Waals surface area contributed by atoms with Crippen LogP contribution in [0.3, 0.4) is 0 Å². The highest BCUT2D eigenvalue weighted by Gasteiger charge is 2.12. The summed E-state index contributed by atoms with van der Waals surface area (Å²) in [5.74, 6) is -0.234. The van der Waals surface area contributed by atoms with Gasteiger partial charge in [0.05, 0.1) is 5.75 Å². The first kappa shape index (κ1) is 16.9. The van der Waals surface area contributed by atoms with Crippen LogP contribution in [0.5, 0.6) is 0 Å². The minimum Gasteiger partial charge on any atom is -0.298 e. The predicted octanol–water partition coefficient (Wildman–Crippen LogP) is 2.82. The third-order valence-electron chi connectivity index (χ3n) is 3.08. The van der Waals surface area contributed by atoms with Gasteiger partial charge in [-0.3, -0.25) is 9.45 Å². The Bertz CT molecular complexity index is 552. The minimum atomic E-state index is -3.92. The van der Waals surface area contributed by atoms with Gasteiger partial charge in [-0.15, -0.1) is 0 Å². The molecule has 1 aromatic rings. The quantitative estimate of drug-likeness (QED) is 0.750. The van der Waals surface area contributed by atoms with Gasteiger partial charge in [-0.05, 0) is 31.0 Å². The average molecular weight is 297 g/mol. The van der Waals surface area contributed by atoms with Crippen LogP contribution in [0, 0.1) is 0 Å². The molecular weight excluding hydrogens is 274 g/mol. The highest BCUT2D eigenvalue weighted by Crippen LogP contribution is 2.19. The van der Waals surface area contributed by atoms with Crippen LogP contribution in [0.4, 0.5) is 0 Å². The smallest absolute Gasteiger partial charge is 0.266 e. The van der Waals surface area contributed by atoms with Crippen LogP contribution in [0.25, 0.3) is 5.57 Å². The predicted molar refractivity (Wildman–Crippen MR) is 83.1 cm³/mol. The first-order chi connectivity index (χ1) is 9.33. The van der Waals surface area contributed by atoms with Gasteiger partial charge >= 0.3 is 0 Å². The normalized spacial score (nSPS) is 11.8. The van der Waals surface area contributed by atoms with Gasteiger partial charge in [0, 0.05) is 13.1 Å². The van der Waals surface area contributed by atoms with E-state index in [9.17, 15) is 8.42 Å². The zero-order valence-corrected chi connectivity index (χ0v) is 13.0. The molecule has 0 saturated carbocycles. The zero-order valence-electron chi connectivity index (χ0n) is 12.2. The van der Waals surface area contributed by atoms with E-state index in [0.717, 1.165) is 29.7 Å². The molecule has 0 amide bonds. The van der Waals surface area contributed by atoms with E-state index in [4.69, 9.17) is 4.55 Å². The highest BCUT2D eigenvalue weighted by molar-refractivity contribution is 7.85. The van der Waals surface area contributed by atoms with Crippen molar-refractivity contribution in [2.24, 2.45) is 0 Å². The molecule has 0 radical (unpaired) electrons. The summed E-state index contributed by atoms with van der Waals surface area (Å²) in [7, 11) is -3.92. The van der Waals surface area contributed by atoms with Gasteiger partial charge in [0.25, 0.3) is 10.1 Å². The van der Waals surface area contributed by atoms with E-state index in [1.807, 2.05) is 43.0 Å². The maximum absolute atomic E-state index is 10.9. The highest BCUT2D eigenvalue weighted by atomic mass is 32.2. The second kappa shape index (κ2) is 7.57. The van der Waals surface area contributed by atoms with Crippen LogP contribution in [0.1, 0.15) is 31.4 Å². The number of hydrogen-bond acceptors (Lipinski definition) is 3. The Labute approximate surface area is 121 Å². The third kappa shape index (κ3) is 5.86. The van der Waals surface area contributed by atoms with Crippen LogP contribution in [-0.2, 0) is 16.7 Å². The first-order valence-corrected chi connectivity index (χ1v) is 8.35. The summed E-state index contributed by atoms with van der Waals surface area (Å²) in [4.78, 5) is 2.04. The number of allylic oxidation sites excluding steroid dienone is 1. The van der Waals surface area contributed by atoms with E-state index in [2.05, 4.69) is 6.58 Å². The molecule has 0 aromatic heterocycles. The lowest BCUT2D eigenvalue weighted by atomic mass is 10.0. The molecule has 0 atom stereocenters. The van der Waals surface area contributed by atoms with Crippen molar-refractivity contribution in [1.29, 1.82) is 0 Å². The lowest BCUT2D eigenvalue weighted by Crippen LogP contribution is -2.30. The number of nitrogens with zero attached hydrogens (tertiary/aromatic N) is 1. The molecule has 20 heavy (non-hydrogen) atoms. The summed E-state index contributed by atoms with van der Waals surface area (Å²) in [6.07, 6.45) is 0.931. The fraction of sp³-hybridized carbons (Fsp3) is 0.467. The molecule has 1 aromatic carbocycles. The monoisotopic (exact) mass is 297 g/mol. The van der Waals surface area contributed by atoms with Crippen molar-refractivity contribution in [3.63, 3.8) is 0 Å². The molecule has 0 fully saturated rings. The largest absolute Gasteiger partial charge is 0.298 e. The second-order valence-corrected chi connectivity index (χ2v) is 6.57.